The molecule has 1 aliphatic carbocycles. The van der Waals surface area contributed by atoms with E-state index in [1.807, 2.05) is 6.07 Å². The molecule has 3 heteroatoms. The van der Waals surface area contributed by atoms with Crippen LogP contribution in [0.15, 0.2) is 30.3 Å². The molecule has 2 fully saturated rings. The average molecular weight is 219 g/mol. The van der Waals surface area contributed by atoms with Gasteiger partial charge in [0.25, 0.3) is 0 Å². The summed E-state index contributed by atoms with van der Waals surface area (Å²) in [5.74, 6) is 0.661. The maximum Gasteiger partial charge on any atom is 0.173 e. The summed E-state index contributed by atoms with van der Waals surface area (Å²) in [5.41, 5.74) is 1.31. The topological polar surface area (TPSA) is 30.5 Å². The molecule has 3 rings (SSSR count). The van der Waals surface area contributed by atoms with Gasteiger partial charge < -0.3 is 14.8 Å². The highest BCUT2D eigenvalue weighted by atomic mass is 16.7. The molecule has 1 aromatic carbocycles. The minimum Gasteiger partial charge on any atom is -0.354 e. The van der Waals surface area contributed by atoms with Crippen LogP contribution in [0, 0.1) is 5.92 Å². The molecule has 1 aliphatic heterocycles. The molecule has 86 valence electrons. The molecule has 1 heterocycles. The molecule has 0 spiro atoms. The zero-order valence-electron chi connectivity index (χ0n) is 9.43. The minimum absolute atomic E-state index is 0.0625. The van der Waals surface area contributed by atoms with Gasteiger partial charge in [0.05, 0.1) is 12.1 Å². The lowest BCUT2D eigenvalue weighted by Crippen LogP contribution is -2.40. The highest BCUT2D eigenvalue weighted by Gasteiger charge is 2.55. The summed E-state index contributed by atoms with van der Waals surface area (Å²) in [4.78, 5) is 0. The number of hydrogen-bond donors (Lipinski definition) is 1. The molecule has 0 unspecified atom stereocenters. The smallest absolute Gasteiger partial charge is 0.173 e. The first-order valence-corrected chi connectivity index (χ1v) is 5.84. The van der Waals surface area contributed by atoms with E-state index in [0.29, 0.717) is 18.1 Å². The number of nitrogens with one attached hydrogen (secondary N) is 1. The van der Waals surface area contributed by atoms with Crippen LogP contribution < -0.4 is 5.32 Å². The van der Waals surface area contributed by atoms with Crippen molar-refractivity contribution in [2.24, 2.45) is 5.92 Å². The third-order valence-corrected chi connectivity index (χ3v) is 3.46. The van der Waals surface area contributed by atoms with E-state index < -0.39 is 0 Å². The molecule has 0 bridgehead atoms. The molecular weight excluding hydrogens is 202 g/mol. The highest BCUT2D eigenvalue weighted by Crippen LogP contribution is 2.45. The fourth-order valence-electron chi connectivity index (χ4n) is 2.46. The SMILES string of the molecule is CO[C@H]1O[C@@H]2C[C@@H]2[C@@H]1NCc1ccccc1. The number of methoxy groups -OCH3 is 1. The van der Waals surface area contributed by atoms with Gasteiger partial charge in [-0.15, -0.1) is 0 Å². The summed E-state index contributed by atoms with van der Waals surface area (Å²) in [7, 11) is 1.71. The van der Waals surface area contributed by atoms with E-state index in [2.05, 4.69) is 29.6 Å². The van der Waals surface area contributed by atoms with E-state index in [-0.39, 0.29) is 6.29 Å². The largest absolute Gasteiger partial charge is 0.354 e. The van der Waals surface area contributed by atoms with Crippen molar-refractivity contribution < 1.29 is 9.47 Å². The predicted molar refractivity (Wildman–Crippen MR) is 60.8 cm³/mol. The van der Waals surface area contributed by atoms with Gasteiger partial charge in [-0.1, -0.05) is 30.3 Å². The van der Waals surface area contributed by atoms with Crippen LogP contribution in [-0.2, 0) is 16.0 Å². The van der Waals surface area contributed by atoms with Crippen LogP contribution in [0.1, 0.15) is 12.0 Å². The van der Waals surface area contributed by atoms with Crippen molar-refractivity contribution in [2.75, 3.05) is 7.11 Å². The molecule has 4 atom stereocenters. The molecule has 0 radical (unpaired) electrons. The van der Waals surface area contributed by atoms with Crippen LogP contribution in [0.5, 0.6) is 0 Å². The number of benzene rings is 1. The van der Waals surface area contributed by atoms with Gasteiger partial charge in [-0.25, -0.2) is 0 Å². The number of rotatable bonds is 4. The lowest BCUT2D eigenvalue weighted by atomic mass is 10.1. The van der Waals surface area contributed by atoms with Crippen LogP contribution in [0.3, 0.4) is 0 Å². The zero-order chi connectivity index (χ0) is 11.0. The normalized spacial score (nSPS) is 36.1. The molecule has 1 N–H and O–H groups in total. The summed E-state index contributed by atoms with van der Waals surface area (Å²) in [5, 5.41) is 3.54. The maximum absolute atomic E-state index is 5.70. The third-order valence-electron chi connectivity index (χ3n) is 3.46. The maximum atomic E-state index is 5.70. The van der Waals surface area contributed by atoms with Gasteiger partial charge in [0.2, 0.25) is 0 Å². The van der Waals surface area contributed by atoms with Gasteiger partial charge in [-0.3, -0.25) is 0 Å². The van der Waals surface area contributed by atoms with Crippen LogP contribution in [-0.4, -0.2) is 25.5 Å². The first kappa shape index (κ1) is 10.3. The molecule has 3 nitrogen and oxygen atoms in total. The van der Waals surface area contributed by atoms with Crippen molar-refractivity contribution in [3.05, 3.63) is 35.9 Å². The Morgan fingerprint density at radius 3 is 2.94 bits per heavy atom. The van der Waals surface area contributed by atoms with Crippen molar-refractivity contribution in [3.8, 4) is 0 Å². The Balaban J connectivity index is 1.58. The monoisotopic (exact) mass is 219 g/mol. The third kappa shape index (κ3) is 1.86. The number of ether oxygens (including phenoxy) is 2. The molecule has 2 aliphatic rings. The molecule has 1 aromatic rings. The van der Waals surface area contributed by atoms with E-state index in [1.54, 1.807) is 7.11 Å². The second-order valence-electron chi connectivity index (χ2n) is 4.57. The predicted octanol–water partition coefficient (Wildman–Crippen LogP) is 1.54. The lowest BCUT2D eigenvalue weighted by Gasteiger charge is -2.21. The van der Waals surface area contributed by atoms with Crippen molar-refractivity contribution in [1.82, 2.24) is 5.32 Å². The molecule has 16 heavy (non-hydrogen) atoms. The average Bonchev–Trinajstić information content (AvgIpc) is 3.02. The molecule has 1 saturated heterocycles. The second kappa shape index (κ2) is 4.17. The molecule has 1 saturated carbocycles. The Hall–Kier alpha value is -0.900. The quantitative estimate of drug-likeness (QED) is 0.833. The standard InChI is InChI=1S/C13H17NO2/c1-15-13-12(10-7-11(10)16-13)14-8-9-5-3-2-4-6-9/h2-6,10-14H,7-8H2,1H3/t10-,11+,12-,13-/m0/s1. The Labute approximate surface area is 95.8 Å². The first-order chi connectivity index (χ1) is 7.88. The van der Waals surface area contributed by atoms with Crippen molar-refractivity contribution in [1.29, 1.82) is 0 Å². The van der Waals surface area contributed by atoms with E-state index in [4.69, 9.17) is 9.47 Å². The van der Waals surface area contributed by atoms with Gasteiger partial charge in [0, 0.05) is 19.6 Å². The van der Waals surface area contributed by atoms with Crippen LogP contribution in [0.2, 0.25) is 0 Å². The van der Waals surface area contributed by atoms with E-state index >= 15 is 0 Å². The van der Waals surface area contributed by atoms with Gasteiger partial charge in [0.1, 0.15) is 0 Å². The summed E-state index contributed by atoms with van der Waals surface area (Å²) < 4.78 is 11.0. The van der Waals surface area contributed by atoms with Crippen LogP contribution in [0.4, 0.5) is 0 Å². The van der Waals surface area contributed by atoms with Crippen LogP contribution >= 0.6 is 0 Å². The Morgan fingerprint density at radius 1 is 1.38 bits per heavy atom. The fourth-order valence-corrected chi connectivity index (χ4v) is 2.46. The summed E-state index contributed by atoms with van der Waals surface area (Å²) in [6.45, 7) is 0.887. The lowest BCUT2D eigenvalue weighted by molar-refractivity contribution is -0.121. The van der Waals surface area contributed by atoms with Crippen molar-refractivity contribution >= 4 is 0 Å². The van der Waals surface area contributed by atoms with E-state index in [9.17, 15) is 0 Å². The Bertz CT molecular complexity index is 354. The van der Waals surface area contributed by atoms with Gasteiger partial charge in [-0.2, -0.15) is 0 Å². The summed E-state index contributed by atoms with van der Waals surface area (Å²) >= 11 is 0. The minimum atomic E-state index is -0.0625. The summed E-state index contributed by atoms with van der Waals surface area (Å²) in [6, 6.07) is 10.8. The Morgan fingerprint density at radius 2 is 2.19 bits per heavy atom. The first-order valence-electron chi connectivity index (χ1n) is 5.84. The van der Waals surface area contributed by atoms with Gasteiger partial charge >= 0.3 is 0 Å². The van der Waals surface area contributed by atoms with E-state index in [0.717, 1.165) is 6.54 Å². The summed E-state index contributed by atoms with van der Waals surface area (Å²) in [6.07, 6.45) is 1.57. The fraction of sp³-hybridized carbons (Fsp3) is 0.538. The number of hydrogen-bond acceptors (Lipinski definition) is 3. The van der Waals surface area contributed by atoms with Gasteiger partial charge in [-0.05, 0) is 12.0 Å². The Kier molecular flexibility index (Phi) is 2.67. The molecule has 0 amide bonds. The molecular formula is C13H17NO2. The van der Waals surface area contributed by atoms with Crippen molar-refractivity contribution in [3.63, 3.8) is 0 Å². The van der Waals surface area contributed by atoms with Crippen LogP contribution in [0.25, 0.3) is 0 Å². The van der Waals surface area contributed by atoms with Gasteiger partial charge in [0.15, 0.2) is 6.29 Å². The zero-order valence-corrected chi connectivity index (χ0v) is 9.43. The van der Waals surface area contributed by atoms with E-state index in [1.165, 1.54) is 12.0 Å². The highest BCUT2D eigenvalue weighted by molar-refractivity contribution is 5.15. The molecule has 0 aromatic heterocycles. The second-order valence-corrected chi connectivity index (χ2v) is 4.57. The number of fused-ring (bicyclic) bond motifs is 1. The van der Waals surface area contributed by atoms with Crippen molar-refractivity contribution in [2.45, 2.75) is 31.4 Å².